The Kier molecular flexibility index (Phi) is 3.74. The third kappa shape index (κ3) is 2.71. The van der Waals surface area contributed by atoms with Crippen molar-refractivity contribution in [2.45, 2.75) is 20.4 Å². The van der Waals surface area contributed by atoms with Crippen molar-refractivity contribution < 1.29 is 0 Å². The SMILES string of the molecule is CC(C)CNCc1cn[nH]c1-c1cccs1. The number of hydrogen-bond acceptors (Lipinski definition) is 3. The molecule has 0 fully saturated rings. The maximum Gasteiger partial charge on any atom is 0.0794 e. The van der Waals surface area contributed by atoms with Crippen LogP contribution >= 0.6 is 11.3 Å². The molecule has 16 heavy (non-hydrogen) atoms. The Morgan fingerprint density at radius 3 is 3.06 bits per heavy atom. The topological polar surface area (TPSA) is 40.7 Å². The molecule has 86 valence electrons. The lowest BCUT2D eigenvalue weighted by Crippen LogP contribution is -2.18. The molecule has 0 aliphatic carbocycles. The van der Waals surface area contributed by atoms with Gasteiger partial charge in [0.05, 0.1) is 16.8 Å². The minimum absolute atomic E-state index is 0.678. The molecule has 0 saturated carbocycles. The van der Waals surface area contributed by atoms with E-state index < -0.39 is 0 Å². The normalized spacial score (nSPS) is 11.2. The Balaban J connectivity index is 2.03. The molecular formula is C12H17N3S. The van der Waals surface area contributed by atoms with Crippen molar-refractivity contribution >= 4 is 11.3 Å². The van der Waals surface area contributed by atoms with Gasteiger partial charge in [0.15, 0.2) is 0 Å². The van der Waals surface area contributed by atoms with Crippen LogP contribution in [0, 0.1) is 5.92 Å². The fourth-order valence-electron chi connectivity index (χ4n) is 1.57. The second kappa shape index (κ2) is 5.27. The van der Waals surface area contributed by atoms with Crippen LogP contribution < -0.4 is 5.32 Å². The summed E-state index contributed by atoms with van der Waals surface area (Å²) in [7, 11) is 0. The number of H-pyrrole nitrogens is 1. The Bertz CT molecular complexity index is 417. The third-order valence-electron chi connectivity index (χ3n) is 2.35. The van der Waals surface area contributed by atoms with Crippen LogP contribution in [0.15, 0.2) is 23.7 Å². The van der Waals surface area contributed by atoms with Crippen LogP contribution in [-0.2, 0) is 6.54 Å². The maximum absolute atomic E-state index is 4.12. The Morgan fingerprint density at radius 2 is 2.38 bits per heavy atom. The lowest BCUT2D eigenvalue weighted by atomic mass is 10.2. The third-order valence-corrected chi connectivity index (χ3v) is 3.24. The first-order chi connectivity index (χ1) is 7.77. The van der Waals surface area contributed by atoms with Gasteiger partial charge in [-0.15, -0.1) is 11.3 Å². The van der Waals surface area contributed by atoms with E-state index >= 15 is 0 Å². The molecule has 2 rings (SSSR count). The van der Waals surface area contributed by atoms with E-state index in [1.165, 1.54) is 10.4 Å². The molecule has 2 N–H and O–H groups in total. The van der Waals surface area contributed by atoms with Crippen molar-refractivity contribution in [2.24, 2.45) is 5.92 Å². The molecule has 2 heterocycles. The van der Waals surface area contributed by atoms with Gasteiger partial charge in [0.1, 0.15) is 0 Å². The Hall–Kier alpha value is -1.13. The van der Waals surface area contributed by atoms with Crippen LogP contribution in [0.3, 0.4) is 0 Å². The first-order valence-electron chi connectivity index (χ1n) is 5.54. The van der Waals surface area contributed by atoms with Gasteiger partial charge in [0, 0.05) is 12.1 Å². The Labute approximate surface area is 99.9 Å². The molecule has 0 aliphatic heterocycles. The minimum atomic E-state index is 0.678. The van der Waals surface area contributed by atoms with Crippen LogP contribution in [0.2, 0.25) is 0 Å². The fraction of sp³-hybridized carbons (Fsp3) is 0.417. The number of rotatable bonds is 5. The fourth-order valence-corrected chi connectivity index (χ4v) is 2.33. The van der Waals surface area contributed by atoms with Gasteiger partial charge >= 0.3 is 0 Å². The molecular weight excluding hydrogens is 218 g/mol. The minimum Gasteiger partial charge on any atom is -0.312 e. The first kappa shape index (κ1) is 11.4. The zero-order valence-electron chi connectivity index (χ0n) is 9.66. The van der Waals surface area contributed by atoms with Gasteiger partial charge < -0.3 is 5.32 Å². The van der Waals surface area contributed by atoms with Gasteiger partial charge in [-0.05, 0) is 23.9 Å². The summed E-state index contributed by atoms with van der Waals surface area (Å²) in [5, 5.41) is 12.7. The average Bonchev–Trinajstić information content (AvgIpc) is 2.84. The van der Waals surface area contributed by atoms with E-state index in [4.69, 9.17) is 0 Å². The van der Waals surface area contributed by atoms with Crippen LogP contribution in [-0.4, -0.2) is 16.7 Å². The number of thiophene rings is 1. The van der Waals surface area contributed by atoms with Crippen molar-refractivity contribution in [3.8, 4) is 10.6 Å². The van der Waals surface area contributed by atoms with Crippen molar-refractivity contribution in [1.82, 2.24) is 15.5 Å². The van der Waals surface area contributed by atoms with Crippen LogP contribution in [0.5, 0.6) is 0 Å². The number of hydrogen-bond donors (Lipinski definition) is 2. The smallest absolute Gasteiger partial charge is 0.0794 e. The summed E-state index contributed by atoms with van der Waals surface area (Å²) in [6.07, 6.45) is 1.91. The highest BCUT2D eigenvalue weighted by Crippen LogP contribution is 2.25. The molecule has 2 aromatic rings. The second-order valence-corrected chi connectivity index (χ2v) is 5.22. The van der Waals surface area contributed by atoms with Crippen LogP contribution in [0.1, 0.15) is 19.4 Å². The average molecular weight is 235 g/mol. The quantitative estimate of drug-likeness (QED) is 0.836. The molecule has 3 nitrogen and oxygen atoms in total. The highest BCUT2D eigenvalue weighted by Gasteiger charge is 2.07. The van der Waals surface area contributed by atoms with Gasteiger partial charge in [-0.1, -0.05) is 19.9 Å². The summed E-state index contributed by atoms with van der Waals surface area (Å²) in [5.74, 6) is 0.678. The van der Waals surface area contributed by atoms with E-state index in [0.717, 1.165) is 18.8 Å². The lowest BCUT2D eigenvalue weighted by molar-refractivity contribution is 0.553. The Morgan fingerprint density at radius 1 is 1.50 bits per heavy atom. The van der Waals surface area contributed by atoms with Gasteiger partial charge in [-0.25, -0.2) is 0 Å². The van der Waals surface area contributed by atoms with Gasteiger partial charge in [0.25, 0.3) is 0 Å². The summed E-state index contributed by atoms with van der Waals surface area (Å²) < 4.78 is 0. The molecule has 0 aromatic carbocycles. The zero-order valence-corrected chi connectivity index (χ0v) is 10.5. The monoisotopic (exact) mass is 235 g/mol. The van der Waals surface area contributed by atoms with E-state index in [1.54, 1.807) is 11.3 Å². The molecule has 0 spiro atoms. The molecule has 0 unspecified atom stereocenters. The molecule has 0 saturated heterocycles. The van der Waals surface area contributed by atoms with Gasteiger partial charge in [-0.2, -0.15) is 5.10 Å². The van der Waals surface area contributed by atoms with E-state index in [2.05, 4.69) is 46.9 Å². The highest BCUT2D eigenvalue weighted by atomic mass is 32.1. The predicted octanol–water partition coefficient (Wildman–Crippen LogP) is 2.88. The largest absolute Gasteiger partial charge is 0.312 e. The number of nitrogens with one attached hydrogen (secondary N) is 2. The summed E-state index contributed by atoms with van der Waals surface area (Å²) in [5.41, 5.74) is 2.38. The predicted molar refractivity (Wildman–Crippen MR) is 68.4 cm³/mol. The molecule has 0 bridgehead atoms. The molecule has 0 amide bonds. The molecule has 2 aromatic heterocycles. The van der Waals surface area contributed by atoms with E-state index in [1.807, 2.05) is 6.20 Å². The van der Waals surface area contributed by atoms with Gasteiger partial charge in [0.2, 0.25) is 0 Å². The molecule has 0 atom stereocenters. The maximum atomic E-state index is 4.12. The van der Waals surface area contributed by atoms with Crippen molar-refractivity contribution in [1.29, 1.82) is 0 Å². The van der Waals surface area contributed by atoms with Crippen molar-refractivity contribution in [3.05, 3.63) is 29.3 Å². The highest BCUT2D eigenvalue weighted by molar-refractivity contribution is 7.13. The summed E-state index contributed by atoms with van der Waals surface area (Å²) in [6.45, 7) is 6.34. The van der Waals surface area contributed by atoms with E-state index in [-0.39, 0.29) is 0 Å². The van der Waals surface area contributed by atoms with E-state index in [9.17, 15) is 0 Å². The summed E-state index contributed by atoms with van der Waals surface area (Å²) in [6, 6.07) is 4.18. The summed E-state index contributed by atoms with van der Waals surface area (Å²) >= 11 is 1.74. The zero-order chi connectivity index (χ0) is 11.4. The van der Waals surface area contributed by atoms with Crippen molar-refractivity contribution in [3.63, 3.8) is 0 Å². The number of aromatic nitrogens is 2. The van der Waals surface area contributed by atoms with Crippen LogP contribution in [0.4, 0.5) is 0 Å². The first-order valence-corrected chi connectivity index (χ1v) is 6.42. The second-order valence-electron chi connectivity index (χ2n) is 4.27. The molecule has 0 radical (unpaired) electrons. The molecule has 4 heteroatoms. The number of nitrogens with zero attached hydrogens (tertiary/aromatic N) is 1. The van der Waals surface area contributed by atoms with Gasteiger partial charge in [-0.3, -0.25) is 5.10 Å². The number of aromatic amines is 1. The standard InChI is InChI=1S/C12H17N3S/c1-9(2)6-13-7-10-8-14-15-12(10)11-4-3-5-16-11/h3-5,8-9,13H,6-7H2,1-2H3,(H,14,15). The summed E-state index contributed by atoms with van der Waals surface area (Å²) in [4.78, 5) is 1.25. The van der Waals surface area contributed by atoms with Crippen LogP contribution in [0.25, 0.3) is 10.6 Å². The van der Waals surface area contributed by atoms with E-state index in [0.29, 0.717) is 5.92 Å². The molecule has 0 aliphatic rings. The lowest BCUT2D eigenvalue weighted by Gasteiger charge is -2.06. The van der Waals surface area contributed by atoms with Crippen molar-refractivity contribution in [2.75, 3.05) is 6.54 Å².